The van der Waals surface area contributed by atoms with E-state index in [0.29, 0.717) is 5.02 Å². The third kappa shape index (κ3) is 3.07. The molecule has 1 unspecified atom stereocenters. The lowest BCUT2D eigenvalue weighted by Crippen LogP contribution is -2.50. The van der Waals surface area contributed by atoms with E-state index in [1.807, 2.05) is 0 Å². The van der Waals surface area contributed by atoms with Crippen LogP contribution in [-0.2, 0) is 9.59 Å². The van der Waals surface area contributed by atoms with Crippen LogP contribution in [-0.4, -0.2) is 28.6 Å². The first-order chi connectivity index (χ1) is 9.47. The van der Waals surface area contributed by atoms with Gasteiger partial charge in [0.25, 0.3) is 0 Å². The zero-order chi connectivity index (χ0) is 14.7. The second-order valence-electron chi connectivity index (χ2n) is 3.90. The number of amides is 2. The molecule has 1 aliphatic heterocycles. The number of rotatable bonds is 3. The van der Waals surface area contributed by atoms with Crippen molar-refractivity contribution in [3.05, 3.63) is 51.0 Å². The minimum Gasteiger partial charge on any atom is -0.304 e. The van der Waals surface area contributed by atoms with Crippen LogP contribution >= 0.6 is 11.6 Å². The highest BCUT2D eigenvalue weighted by molar-refractivity contribution is 6.30. The van der Waals surface area contributed by atoms with Crippen LogP contribution in [0.3, 0.4) is 0 Å². The van der Waals surface area contributed by atoms with E-state index in [1.165, 1.54) is 6.08 Å². The number of nitrogens with one attached hydrogen (secondary N) is 1. The van der Waals surface area contributed by atoms with Gasteiger partial charge in [0.2, 0.25) is 0 Å². The van der Waals surface area contributed by atoms with Crippen molar-refractivity contribution in [3.63, 3.8) is 0 Å². The number of hydrogen-bond donors (Lipinski definition) is 1. The Morgan fingerprint density at radius 1 is 1.25 bits per heavy atom. The van der Waals surface area contributed by atoms with Crippen molar-refractivity contribution < 1.29 is 14.5 Å². The summed E-state index contributed by atoms with van der Waals surface area (Å²) < 4.78 is 0. The lowest BCUT2D eigenvalue weighted by Gasteiger charge is -2.12. The molecule has 0 spiro atoms. The number of nitro groups is 1. The molecular formula is C12H8ClN3O4. The van der Waals surface area contributed by atoms with Gasteiger partial charge < -0.3 is 5.32 Å². The number of amidine groups is 1. The minimum absolute atomic E-state index is 0.0342. The predicted molar refractivity (Wildman–Crippen MR) is 71.9 cm³/mol. The second kappa shape index (κ2) is 5.62. The van der Waals surface area contributed by atoms with Crippen LogP contribution in [0.25, 0.3) is 6.08 Å². The van der Waals surface area contributed by atoms with Crippen molar-refractivity contribution in [1.82, 2.24) is 5.32 Å². The molecule has 2 amide bonds. The summed E-state index contributed by atoms with van der Waals surface area (Å²) in [4.78, 5) is 35.8. The van der Waals surface area contributed by atoms with E-state index in [-0.39, 0.29) is 5.84 Å². The maximum atomic E-state index is 11.4. The molecule has 0 saturated heterocycles. The monoisotopic (exact) mass is 293 g/mol. The molecule has 2 rings (SSSR count). The number of carbonyl (C=O) groups is 2. The van der Waals surface area contributed by atoms with Crippen LogP contribution < -0.4 is 5.32 Å². The van der Waals surface area contributed by atoms with E-state index in [2.05, 4.69) is 10.3 Å². The van der Waals surface area contributed by atoms with Gasteiger partial charge in [0.05, 0.1) is 0 Å². The molecule has 0 saturated carbocycles. The van der Waals surface area contributed by atoms with Crippen molar-refractivity contribution in [1.29, 1.82) is 0 Å². The van der Waals surface area contributed by atoms with Gasteiger partial charge in [-0.2, -0.15) is 4.99 Å². The molecular weight excluding hydrogens is 286 g/mol. The number of carbonyl (C=O) groups excluding carboxylic acids is 2. The molecule has 102 valence electrons. The predicted octanol–water partition coefficient (Wildman–Crippen LogP) is 1.05. The molecule has 1 aromatic rings. The van der Waals surface area contributed by atoms with Crippen molar-refractivity contribution >= 4 is 35.3 Å². The lowest BCUT2D eigenvalue weighted by atomic mass is 10.2. The van der Waals surface area contributed by atoms with E-state index < -0.39 is 22.8 Å². The zero-order valence-corrected chi connectivity index (χ0v) is 10.7. The van der Waals surface area contributed by atoms with Gasteiger partial charge in [-0.15, -0.1) is 0 Å². The Hall–Kier alpha value is -2.54. The van der Waals surface area contributed by atoms with Crippen molar-refractivity contribution in [2.24, 2.45) is 4.99 Å². The molecule has 1 atom stereocenters. The van der Waals surface area contributed by atoms with E-state index in [9.17, 15) is 19.7 Å². The van der Waals surface area contributed by atoms with Crippen molar-refractivity contribution in [2.75, 3.05) is 0 Å². The smallest absolute Gasteiger partial charge is 0.304 e. The van der Waals surface area contributed by atoms with Crippen LogP contribution in [0, 0.1) is 10.1 Å². The molecule has 0 bridgehead atoms. The normalized spacial score (nSPS) is 18.9. The standard InChI is InChI=1S/C12H8ClN3O4/c13-8-4-1-7(2-5-8)3-6-9-14-11(17)10(16(19)20)12(18)15-9/h1-6,10H,(H,14,15,17,18). The Labute approximate surface area is 118 Å². The molecule has 20 heavy (non-hydrogen) atoms. The van der Waals surface area contributed by atoms with Gasteiger partial charge in [-0.25, -0.2) is 0 Å². The molecule has 0 fully saturated rings. The first-order valence-corrected chi connectivity index (χ1v) is 5.86. The highest BCUT2D eigenvalue weighted by atomic mass is 35.5. The third-order valence-electron chi connectivity index (χ3n) is 2.48. The molecule has 0 radical (unpaired) electrons. The molecule has 1 N–H and O–H groups in total. The highest BCUT2D eigenvalue weighted by Gasteiger charge is 2.41. The summed E-state index contributed by atoms with van der Waals surface area (Å²) >= 11 is 5.73. The summed E-state index contributed by atoms with van der Waals surface area (Å²) in [5, 5.41) is 13.3. The average molecular weight is 294 g/mol. The van der Waals surface area contributed by atoms with Crippen LogP contribution in [0.2, 0.25) is 5.02 Å². The second-order valence-corrected chi connectivity index (χ2v) is 4.33. The number of halogens is 1. The van der Waals surface area contributed by atoms with Gasteiger partial charge in [0.15, 0.2) is 0 Å². The van der Waals surface area contributed by atoms with Crippen LogP contribution in [0.1, 0.15) is 5.56 Å². The van der Waals surface area contributed by atoms with E-state index >= 15 is 0 Å². The molecule has 0 aromatic heterocycles. The van der Waals surface area contributed by atoms with Gasteiger partial charge in [-0.05, 0) is 23.8 Å². The van der Waals surface area contributed by atoms with E-state index in [1.54, 1.807) is 30.3 Å². The number of benzene rings is 1. The molecule has 0 aliphatic carbocycles. The third-order valence-corrected chi connectivity index (χ3v) is 2.73. The number of nitrogens with zero attached hydrogens (tertiary/aromatic N) is 2. The summed E-state index contributed by atoms with van der Waals surface area (Å²) in [5.41, 5.74) is 0.773. The maximum Gasteiger partial charge on any atom is 0.368 e. The highest BCUT2D eigenvalue weighted by Crippen LogP contribution is 2.11. The fourth-order valence-electron chi connectivity index (χ4n) is 1.53. The summed E-state index contributed by atoms with van der Waals surface area (Å²) in [6.07, 6.45) is 2.98. The van der Waals surface area contributed by atoms with E-state index in [0.717, 1.165) is 5.56 Å². The molecule has 1 aromatic carbocycles. The van der Waals surface area contributed by atoms with Gasteiger partial charge in [0.1, 0.15) is 5.84 Å². The van der Waals surface area contributed by atoms with Crippen LogP contribution in [0.15, 0.2) is 35.3 Å². The largest absolute Gasteiger partial charge is 0.368 e. The van der Waals surface area contributed by atoms with Gasteiger partial charge in [-0.3, -0.25) is 19.7 Å². The summed E-state index contributed by atoms with van der Waals surface area (Å²) in [6.45, 7) is 0. The first-order valence-electron chi connectivity index (χ1n) is 5.48. The number of aliphatic imine (C=N–C) groups is 1. The van der Waals surface area contributed by atoms with Crippen molar-refractivity contribution in [3.8, 4) is 0 Å². The van der Waals surface area contributed by atoms with Gasteiger partial charge in [-0.1, -0.05) is 29.8 Å². The fourth-order valence-corrected chi connectivity index (χ4v) is 1.65. The lowest BCUT2D eigenvalue weighted by molar-refractivity contribution is -0.493. The fraction of sp³-hybridized carbons (Fsp3) is 0.0833. The van der Waals surface area contributed by atoms with Crippen molar-refractivity contribution in [2.45, 2.75) is 6.04 Å². The summed E-state index contributed by atoms with van der Waals surface area (Å²) in [6, 6.07) is 4.84. The van der Waals surface area contributed by atoms with E-state index in [4.69, 9.17) is 11.6 Å². The Kier molecular flexibility index (Phi) is 3.90. The van der Waals surface area contributed by atoms with Crippen LogP contribution in [0.5, 0.6) is 0 Å². The van der Waals surface area contributed by atoms with Crippen LogP contribution in [0.4, 0.5) is 0 Å². The summed E-state index contributed by atoms with van der Waals surface area (Å²) in [5.74, 6) is -2.12. The SMILES string of the molecule is O=C1N=C(C=Cc2ccc(Cl)cc2)NC(=O)C1[N+](=O)[O-]. The maximum absolute atomic E-state index is 11.4. The Balaban J connectivity index is 2.17. The molecule has 7 nitrogen and oxygen atoms in total. The average Bonchev–Trinajstić information content (AvgIpc) is 2.37. The number of hydrogen-bond acceptors (Lipinski definition) is 4. The quantitative estimate of drug-likeness (QED) is 0.511. The Morgan fingerprint density at radius 3 is 2.45 bits per heavy atom. The zero-order valence-electron chi connectivity index (χ0n) is 9.95. The van der Waals surface area contributed by atoms with Gasteiger partial charge in [0, 0.05) is 9.95 Å². The topological polar surface area (TPSA) is 102 Å². The molecule has 1 heterocycles. The molecule has 1 aliphatic rings. The Morgan fingerprint density at radius 2 is 1.90 bits per heavy atom. The Bertz CT molecular complexity index is 637. The first kappa shape index (κ1) is 13.9. The molecule has 8 heteroatoms. The summed E-state index contributed by atoms with van der Waals surface area (Å²) in [7, 11) is 0. The minimum atomic E-state index is -1.97. The van der Waals surface area contributed by atoms with Gasteiger partial charge >= 0.3 is 17.9 Å².